The average Bonchev–Trinajstić information content (AvgIpc) is 3.69. The molecule has 192 valence electrons. The molecule has 0 saturated carbocycles. The number of anilines is 2. The van der Waals surface area contributed by atoms with Gasteiger partial charge < -0.3 is 25.2 Å². The first-order chi connectivity index (χ1) is 18.4. The Morgan fingerprint density at radius 1 is 1.13 bits per heavy atom. The Labute approximate surface area is 219 Å². The molecule has 2 aromatic carbocycles. The second kappa shape index (κ2) is 9.26. The summed E-state index contributed by atoms with van der Waals surface area (Å²) in [5.74, 6) is 0.155. The molecule has 38 heavy (non-hydrogen) atoms. The third-order valence-corrected chi connectivity index (χ3v) is 7.42. The Hall–Kier alpha value is -4.79. The van der Waals surface area contributed by atoms with Crippen LogP contribution in [0.4, 0.5) is 11.4 Å². The standard InChI is InChI=1S/C29H28N6O3/c1-18(36)33(2)23-11-13-34(17-23)29(38)19-3-6-22(7-4-19)32-25-9-10-26(35-14-12-30-27(25)35)20-5-8-24-21(15-20)16-31-28(24)37/h3-10,12,14-16,23,31-32,37H,11,13,17H2,1-2H3. The van der Waals surface area contributed by atoms with Gasteiger partial charge in [-0.05, 0) is 60.5 Å². The molecule has 3 N–H and O–H groups in total. The van der Waals surface area contributed by atoms with Crippen LogP contribution in [-0.4, -0.2) is 67.3 Å². The first-order valence-corrected chi connectivity index (χ1v) is 12.6. The van der Waals surface area contributed by atoms with Gasteiger partial charge in [0.05, 0.1) is 17.4 Å². The fourth-order valence-corrected chi connectivity index (χ4v) is 5.16. The van der Waals surface area contributed by atoms with Crippen LogP contribution >= 0.6 is 0 Å². The fraction of sp³-hybridized carbons (Fsp3) is 0.207. The predicted molar refractivity (Wildman–Crippen MR) is 147 cm³/mol. The topological polar surface area (TPSA) is 106 Å². The third-order valence-electron chi connectivity index (χ3n) is 7.42. The van der Waals surface area contributed by atoms with Gasteiger partial charge in [-0.15, -0.1) is 0 Å². The van der Waals surface area contributed by atoms with Gasteiger partial charge in [-0.3, -0.25) is 14.0 Å². The van der Waals surface area contributed by atoms with Gasteiger partial charge in [0.25, 0.3) is 5.91 Å². The fourth-order valence-electron chi connectivity index (χ4n) is 5.16. The zero-order valence-electron chi connectivity index (χ0n) is 21.2. The van der Waals surface area contributed by atoms with Gasteiger partial charge in [-0.1, -0.05) is 6.07 Å². The van der Waals surface area contributed by atoms with Crippen LogP contribution in [0, 0.1) is 0 Å². The van der Waals surface area contributed by atoms with Crippen molar-refractivity contribution in [2.75, 3.05) is 25.5 Å². The first-order valence-electron chi connectivity index (χ1n) is 12.6. The highest BCUT2D eigenvalue weighted by Crippen LogP contribution is 2.32. The van der Waals surface area contributed by atoms with E-state index < -0.39 is 0 Å². The minimum absolute atomic E-state index is 0.0151. The zero-order chi connectivity index (χ0) is 26.4. The van der Waals surface area contributed by atoms with E-state index in [1.807, 2.05) is 70.1 Å². The number of nitrogens with one attached hydrogen (secondary N) is 2. The Bertz CT molecular complexity index is 1670. The smallest absolute Gasteiger partial charge is 0.253 e. The van der Waals surface area contributed by atoms with Crippen molar-refractivity contribution in [3.63, 3.8) is 0 Å². The summed E-state index contributed by atoms with van der Waals surface area (Å²) in [7, 11) is 1.79. The number of nitrogens with zero attached hydrogens (tertiary/aromatic N) is 4. The molecule has 4 heterocycles. The Morgan fingerprint density at radius 3 is 2.74 bits per heavy atom. The van der Waals surface area contributed by atoms with Crippen LogP contribution in [0.1, 0.15) is 23.7 Å². The van der Waals surface area contributed by atoms with Crippen LogP contribution < -0.4 is 5.32 Å². The van der Waals surface area contributed by atoms with E-state index in [9.17, 15) is 14.7 Å². The number of likely N-dealkylation sites (N-methyl/N-ethyl adjacent to an activating group) is 1. The number of carbonyl (C=O) groups excluding carboxylic acids is 2. The number of H-pyrrole nitrogens is 1. The molecule has 3 aromatic heterocycles. The van der Waals surface area contributed by atoms with E-state index in [0.29, 0.717) is 18.7 Å². The number of likely N-dealkylation sites (tertiary alicyclic amines) is 1. The van der Waals surface area contributed by atoms with Crippen molar-refractivity contribution in [1.82, 2.24) is 24.2 Å². The number of rotatable bonds is 5. The number of aromatic nitrogens is 3. The summed E-state index contributed by atoms with van der Waals surface area (Å²) < 4.78 is 2.02. The molecular formula is C29H28N6O3. The van der Waals surface area contributed by atoms with Crippen molar-refractivity contribution >= 4 is 39.6 Å². The van der Waals surface area contributed by atoms with E-state index in [1.165, 1.54) is 0 Å². The molecule has 0 aliphatic carbocycles. The van der Waals surface area contributed by atoms with Gasteiger partial charge >= 0.3 is 0 Å². The molecule has 0 radical (unpaired) electrons. The second-order valence-corrected chi connectivity index (χ2v) is 9.72. The highest BCUT2D eigenvalue weighted by molar-refractivity contribution is 5.95. The summed E-state index contributed by atoms with van der Waals surface area (Å²) in [5, 5.41) is 15.1. The summed E-state index contributed by atoms with van der Waals surface area (Å²) in [4.78, 5) is 35.6. The number of benzene rings is 2. The monoisotopic (exact) mass is 508 g/mol. The van der Waals surface area contributed by atoms with Crippen LogP contribution in [0.3, 0.4) is 0 Å². The molecule has 0 spiro atoms. The minimum Gasteiger partial charge on any atom is -0.494 e. The van der Waals surface area contributed by atoms with E-state index in [0.717, 1.165) is 45.5 Å². The molecular weight excluding hydrogens is 480 g/mol. The summed E-state index contributed by atoms with van der Waals surface area (Å²) >= 11 is 0. The van der Waals surface area contributed by atoms with Crippen molar-refractivity contribution in [3.05, 3.63) is 78.8 Å². The number of pyridine rings is 1. The lowest BCUT2D eigenvalue weighted by atomic mass is 10.1. The van der Waals surface area contributed by atoms with Crippen molar-refractivity contribution in [3.8, 4) is 17.1 Å². The van der Waals surface area contributed by atoms with Crippen LogP contribution in [0.15, 0.2) is 73.2 Å². The van der Waals surface area contributed by atoms with Crippen molar-refractivity contribution in [1.29, 1.82) is 0 Å². The van der Waals surface area contributed by atoms with Crippen LogP contribution in [-0.2, 0) is 4.79 Å². The molecule has 6 rings (SSSR count). The van der Waals surface area contributed by atoms with Crippen molar-refractivity contribution in [2.45, 2.75) is 19.4 Å². The van der Waals surface area contributed by atoms with E-state index in [-0.39, 0.29) is 23.7 Å². The zero-order valence-corrected chi connectivity index (χ0v) is 21.2. The van der Waals surface area contributed by atoms with E-state index in [4.69, 9.17) is 0 Å². The van der Waals surface area contributed by atoms with E-state index in [2.05, 4.69) is 15.3 Å². The quantitative estimate of drug-likeness (QED) is 0.321. The van der Waals surface area contributed by atoms with Crippen molar-refractivity contribution in [2.24, 2.45) is 0 Å². The van der Waals surface area contributed by atoms with E-state index in [1.54, 1.807) is 31.3 Å². The highest BCUT2D eigenvalue weighted by atomic mass is 16.3. The molecule has 1 fully saturated rings. The predicted octanol–water partition coefficient (Wildman–Crippen LogP) is 4.62. The van der Waals surface area contributed by atoms with Gasteiger partial charge in [0.15, 0.2) is 11.5 Å². The lowest BCUT2D eigenvalue weighted by Gasteiger charge is -2.23. The number of fused-ring (bicyclic) bond motifs is 2. The van der Waals surface area contributed by atoms with Crippen LogP contribution in [0.25, 0.3) is 27.7 Å². The molecule has 5 aromatic rings. The van der Waals surface area contributed by atoms with Gasteiger partial charge in [0, 0.05) is 67.7 Å². The highest BCUT2D eigenvalue weighted by Gasteiger charge is 2.30. The number of hydrogen-bond acceptors (Lipinski definition) is 5. The maximum Gasteiger partial charge on any atom is 0.253 e. The molecule has 1 atom stereocenters. The molecule has 2 amide bonds. The van der Waals surface area contributed by atoms with Crippen molar-refractivity contribution < 1.29 is 14.7 Å². The molecule has 0 bridgehead atoms. The van der Waals surface area contributed by atoms with Gasteiger partial charge in [-0.2, -0.15) is 0 Å². The lowest BCUT2D eigenvalue weighted by Crippen LogP contribution is -2.38. The Balaban J connectivity index is 1.20. The third kappa shape index (κ3) is 4.11. The molecule has 1 aliphatic rings. The Morgan fingerprint density at radius 2 is 1.95 bits per heavy atom. The number of amides is 2. The summed E-state index contributed by atoms with van der Waals surface area (Å²) in [6, 6.07) is 17.4. The SMILES string of the molecule is CC(=O)N(C)C1CCN(C(=O)c2ccc(Nc3ccc(-c4ccc5c(O)[nH]cc5c4)n4ccnc34)cc2)C1. The first kappa shape index (κ1) is 23.6. The van der Waals surface area contributed by atoms with Gasteiger partial charge in [-0.25, -0.2) is 4.98 Å². The number of imidazole rings is 1. The maximum atomic E-state index is 13.0. The summed E-state index contributed by atoms with van der Waals surface area (Å²) in [6.45, 7) is 2.75. The van der Waals surface area contributed by atoms with E-state index >= 15 is 0 Å². The normalized spacial score (nSPS) is 15.3. The van der Waals surface area contributed by atoms with Gasteiger partial charge in [0.2, 0.25) is 5.91 Å². The lowest BCUT2D eigenvalue weighted by molar-refractivity contribution is -0.129. The summed E-state index contributed by atoms with van der Waals surface area (Å²) in [6.07, 6.45) is 6.26. The molecule has 1 unspecified atom stereocenters. The maximum absolute atomic E-state index is 13.0. The molecule has 1 aliphatic heterocycles. The molecule has 9 heteroatoms. The number of aromatic amines is 1. The number of aromatic hydroxyl groups is 1. The Kier molecular flexibility index (Phi) is 5.75. The second-order valence-electron chi connectivity index (χ2n) is 9.72. The van der Waals surface area contributed by atoms with Crippen LogP contribution in [0.2, 0.25) is 0 Å². The van der Waals surface area contributed by atoms with Crippen LogP contribution in [0.5, 0.6) is 5.88 Å². The summed E-state index contributed by atoms with van der Waals surface area (Å²) in [5.41, 5.74) is 5.07. The molecule has 1 saturated heterocycles. The number of hydrogen-bond donors (Lipinski definition) is 3. The largest absolute Gasteiger partial charge is 0.494 e. The number of carbonyl (C=O) groups is 2. The van der Waals surface area contributed by atoms with Gasteiger partial charge in [0.1, 0.15) is 0 Å². The average molecular weight is 509 g/mol. The molecule has 9 nitrogen and oxygen atoms in total. The minimum atomic E-state index is -0.0243.